The van der Waals surface area contributed by atoms with Gasteiger partial charge in [0.15, 0.2) is 0 Å². The van der Waals surface area contributed by atoms with Crippen molar-refractivity contribution in [3.63, 3.8) is 0 Å². The monoisotopic (exact) mass is 280 g/mol. The highest BCUT2D eigenvalue weighted by Gasteiger charge is 2.25. The fourth-order valence-corrected chi connectivity index (χ4v) is 4.91. The molecule has 0 bridgehead atoms. The van der Waals surface area contributed by atoms with E-state index in [1.807, 2.05) is 0 Å². The first-order valence-electron chi connectivity index (χ1n) is 8.30. The Balaban J connectivity index is 2.00. The summed E-state index contributed by atoms with van der Waals surface area (Å²) < 4.78 is 0. The second-order valence-electron chi connectivity index (χ2n) is 6.72. The molecule has 0 fully saturated rings. The van der Waals surface area contributed by atoms with Crippen molar-refractivity contribution in [2.45, 2.75) is 25.7 Å². The number of hydrogen-bond donors (Lipinski definition) is 0. The third kappa shape index (κ3) is 1.14. The van der Waals surface area contributed by atoms with Gasteiger partial charge in [-0.25, -0.2) is 0 Å². The highest BCUT2D eigenvalue weighted by molar-refractivity contribution is 6.05. The van der Waals surface area contributed by atoms with E-state index < -0.39 is 0 Å². The van der Waals surface area contributed by atoms with Crippen molar-refractivity contribution < 1.29 is 0 Å². The van der Waals surface area contributed by atoms with E-state index in [0.717, 1.165) is 25.7 Å². The average Bonchev–Trinajstić information content (AvgIpc) is 3.28. The topological polar surface area (TPSA) is 0 Å². The summed E-state index contributed by atoms with van der Waals surface area (Å²) in [5, 5.41) is 6.09. The van der Waals surface area contributed by atoms with Gasteiger partial charge in [-0.3, -0.25) is 0 Å². The lowest BCUT2D eigenvalue weighted by Crippen LogP contribution is -2.28. The van der Waals surface area contributed by atoms with Crippen molar-refractivity contribution in [2.75, 3.05) is 0 Å². The Hall–Kier alpha value is -2.34. The number of allylic oxidation sites excluding steroid dienone is 3. The largest absolute Gasteiger partial charge is 0.0795 e. The van der Waals surface area contributed by atoms with Gasteiger partial charge >= 0.3 is 0 Å². The van der Waals surface area contributed by atoms with Gasteiger partial charge in [-0.2, -0.15) is 0 Å². The molecule has 4 aliphatic rings. The molecule has 0 radical (unpaired) electrons. The van der Waals surface area contributed by atoms with Gasteiger partial charge < -0.3 is 0 Å². The maximum Gasteiger partial charge on any atom is -0.00237 e. The summed E-state index contributed by atoms with van der Waals surface area (Å²) in [6.07, 6.45) is 23.4. The standard InChI is InChI=1S/C22H16/c1-5-13-14-6-2-10-18(14)22-20-12-4-8-16(20)15-7-3-11-19(15)21(22)17(13)9-1/h1-3,5,8,10-12H,4,6-7,9H2. The van der Waals surface area contributed by atoms with Gasteiger partial charge in [0, 0.05) is 0 Å². The van der Waals surface area contributed by atoms with E-state index in [0.29, 0.717) is 0 Å². The van der Waals surface area contributed by atoms with E-state index in [1.54, 1.807) is 22.1 Å². The Kier molecular flexibility index (Phi) is 1.89. The lowest BCUT2D eigenvalue weighted by Gasteiger charge is -2.17. The zero-order valence-electron chi connectivity index (χ0n) is 12.4. The molecule has 0 atom stereocenters. The predicted octanol–water partition coefficient (Wildman–Crippen LogP) is 3.51. The minimum Gasteiger partial charge on any atom is -0.0795 e. The molecule has 0 unspecified atom stereocenters. The van der Waals surface area contributed by atoms with E-state index in [9.17, 15) is 0 Å². The summed E-state index contributed by atoms with van der Waals surface area (Å²) in [6.45, 7) is 0. The van der Waals surface area contributed by atoms with Crippen LogP contribution in [0.3, 0.4) is 0 Å². The molecule has 2 aromatic carbocycles. The van der Waals surface area contributed by atoms with Crippen LogP contribution in [-0.4, -0.2) is 0 Å². The van der Waals surface area contributed by atoms with Crippen LogP contribution in [0.4, 0.5) is 0 Å². The van der Waals surface area contributed by atoms with Crippen molar-refractivity contribution in [1.29, 1.82) is 0 Å². The van der Waals surface area contributed by atoms with Crippen LogP contribution in [0, 0.1) is 0 Å². The lowest BCUT2D eigenvalue weighted by molar-refractivity contribution is 1.24. The Labute approximate surface area is 129 Å². The Morgan fingerprint density at radius 3 is 2.05 bits per heavy atom. The highest BCUT2D eigenvalue weighted by Crippen LogP contribution is 2.40. The molecule has 104 valence electrons. The molecule has 2 aromatic rings. The van der Waals surface area contributed by atoms with Gasteiger partial charge in [0.1, 0.15) is 0 Å². The van der Waals surface area contributed by atoms with Gasteiger partial charge in [0.05, 0.1) is 0 Å². The van der Waals surface area contributed by atoms with Crippen LogP contribution in [0.1, 0.15) is 39.8 Å². The third-order valence-electron chi connectivity index (χ3n) is 5.74. The van der Waals surface area contributed by atoms with Crippen LogP contribution in [0.5, 0.6) is 0 Å². The third-order valence-corrected chi connectivity index (χ3v) is 5.74. The van der Waals surface area contributed by atoms with Crippen molar-refractivity contribution in [2.24, 2.45) is 0 Å². The molecule has 0 saturated carbocycles. The molecule has 0 N–H and O–H groups in total. The molecule has 22 heavy (non-hydrogen) atoms. The molecule has 0 saturated heterocycles. The van der Waals surface area contributed by atoms with Crippen LogP contribution in [0.2, 0.25) is 0 Å². The molecule has 0 heteroatoms. The zero-order chi connectivity index (χ0) is 14.3. The first-order valence-corrected chi connectivity index (χ1v) is 8.30. The number of rotatable bonds is 0. The molecular formula is C22H16. The normalized spacial score (nSPS) is 18.4. The first-order chi connectivity index (χ1) is 10.9. The summed E-state index contributed by atoms with van der Waals surface area (Å²) in [5.41, 5.74) is 9.20. The van der Waals surface area contributed by atoms with E-state index in [4.69, 9.17) is 0 Å². The molecule has 6 rings (SSSR count). The van der Waals surface area contributed by atoms with Crippen LogP contribution in [0.15, 0.2) is 18.2 Å². The van der Waals surface area contributed by atoms with Gasteiger partial charge in [0.25, 0.3) is 0 Å². The molecule has 0 aliphatic heterocycles. The fourth-order valence-electron chi connectivity index (χ4n) is 4.91. The second-order valence-corrected chi connectivity index (χ2v) is 6.72. The maximum absolute atomic E-state index is 2.44. The van der Waals surface area contributed by atoms with Crippen molar-refractivity contribution in [3.8, 4) is 0 Å². The Morgan fingerprint density at radius 2 is 1.18 bits per heavy atom. The van der Waals surface area contributed by atoms with Crippen molar-refractivity contribution in [3.05, 3.63) is 62.0 Å². The van der Waals surface area contributed by atoms with E-state index >= 15 is 0 Å². The molecular weight excluding hydrogens is 264 g/mol. The number of hydrogen-bond acceptors (Lipinski definition) is 0. The van der Waals surface area contributed by atoms with Crippen LogP contribution in [0.25, 0.3) is 41.2 Å². The van der Waals surface area contributed by atoms with Gasteiger partial charge in [-0.15, -0.1) is 0 Å². The zero-order valence-corrected chi connectivity index (χ0v) is 12.4. The van der Waals surface area contributed by atoms with Gasteiger partial charge in [-0.05, 0) is 80.3 Å². The quantitative estimate of drug-likeness (QED) is 0.693. The molecule has 0 nitrogen and oxygen atoms in total. The average molecular weight is 280 g/mol. The van der Waals surface area contributed by atoms with Crippen LogP contribution < -0.4 is 10.4 Å². The molecule has 0 aromatic heterocycles. The predicted molar refractivity (Wildman–Crippen MR) is 95.0 cm³/mol. The molecule has 0 spiro atoms. The first kappa shape index (κ1) is 11.3. The number of fused-ring (bicyclic) bond motifs is 11. The summed E-state index contributed by atoms with van der Waals surface area (Å²) in [6, 6.07) is 0. The molecule has 4 aliphatic carbocycles. The van der Waals surface area contributed by atoms with E-state index in [-0.39, 0.29) is 0 Å². The minimum absolute atomic E-state index is 1.09. The number of benzene rings is 2. The van der Waals surface area contributed by atoms with E-state index in [1.165, 1.54) is 32.5 Å². The Bertz CT molecular complexity index is 1100. The van der Waals surface area contributed by atoms with Gasteiger partial charge in [-0.1, -0.05) is 48.6 Å². The van der Waals surface area contributed by atoms with Crippen molar-refractivity contribution in [1.82, 2.24) is 0 Å². The van der Waals surface area contributed by atoms with E-state index in [2.05, 4.69) is 48.6 Å². The second kappa shape index (κ2) is 3.70. The fraction of sp³-hybridized carbons (Fsp3) is 0.182. The van der Waals surface area contributed by atoms with Crippen molar-refractivity contribution >= 4 is 41.2 Å². The van der Waals surface area contributed by atoms with Crippen LogP contribution in [-0.2, 0) is 19.3 Å². The smallest absolute Gasteiger partial charge is 0.00237 e. The minimum atomic E-state index is 1.09. The summed E-state index contributed by atoms with van der Waals surface area (Å²) in [5.74, 6) is 0. The maximum atomic E-state index is 2.44. The summed E-state index contributed by atoms with van der Waals surface area (Å²) >= 11 is 0. The summed E-state index contributed by atoms with van der Waals surface area (Å²) in [4.78, 5) is 0. The van der Waals surface area contributed by atoms with Crippen LogP contribution >= 0.6 is 0 Å². The highest BCUT2D eigenvalue weighted by atomic mass is 14.3. The van der Waals surface area contributed by atoms with Gasteiger partial charge in [0.2, 0.25) is 0 Å². The SMILES string of the molecule is C1=Cc2c(c3c(c4c5c(c6c(c24)=CCC=6)CC=C5)CC=C3)C1. The molecule has 0 amide bonds. The summed E-state index contributed by atoms with van der Waals surface area (Å²) in [7, 11) is 0. The Morgan fingerprint density at radius 1 is 0.545 bits per heavy atom. The lowest BCUT2D eigenvalue weighted by atomic mass is 9.86. The molecule has 0 heterocycles.